The molecule has 23 heavy (non-hydrogen) atoms. The lowest BCUT2D eigenvalue weighted by Gasteiger charge is -2.29. The first-order valence-corrected chi connectivity index (χ1v) is 6.69. The fourth-order valence-corrected chi connectivity index (χ4v) is 1.94. The molecule has 0 aliphatic carbocycles. The number of amides is 1. The van der Waals surface area contributed by atoms with E-state index in [0.29, 0.717) is 4.90 Å². The average Bonchev–Trinajstić information content (AvgIpc) is 2.35. The van der Waals surface area contributed by atoms with Gasteiger partial charge in [0.05, 0.1) is 5.56 Å². The Bertz CT molecular complexity index is 593. The molecular weight excluding hydrogens is 315 g/mol. The highest BCUT2D eigenvalue weighted by molar-refractivity contribution is 5.82. The summed E-state index contributed by atoms with van der Waals surface area (Å²) in [6.45, 7) is 4.70. The summed E-state index contributed by atoms with van der Waals surface area (Å²) in [4.78, 5) is 24.1. The van der Waals surface area contributed by atoms with Crippen LogP contribution < -0.4 is 0 Å². The molecule has 0 aromatic heterocycles. The van der Waals surface area contributed by atoms with Crippen LogP contribution in [-0.4, -0.2) is 34.7 Å². The molecule has 8 heteroatoms. The first-order valence-electron chi connectivity index (χ1n) is 6.69. The van der Waals surface area contributed by atoms with E-state index in [-0.39, 0.29) is 0 Å². The van der Waals surface area contributed by atoms with E-state index in [1.807, 2.05) is 0 Å². The van der Waals surface area contributed by atoms with Crippen molar-refractivity contribution in [2.75, 3.05) is 7.05 Å². The molecule has 1 aromatic rings. The largest absolute Gasteiger partial charge is 0.479 e. The summed E-state index contributed by atoms with van der Waals surface area (Å²) in [7, 11) is 1.08. The number of hydrogen-bond acceptors (Lipinski definition) is 3. The van der Waals surface area contributed by atoms with Crippen molar-refractivity contribution in [3.63, 3.8) is 0 Å². The fourth-order valence-electron chi connectivity index (χ4n) is 1.94. The van der Waals surface area contributed by atoms with E-state index in [1.165, 1.54) is 6.07 Å². The van der Waals surface area contributed by atoms with Gasteiger partial charge in [-0.15, -0.1) is 0 Å². The van der Waals surface area contributed by atoms with Crippen molar-refractivity contribution in [2.24, 2.45) is 0 Å². The van der Waals surface area contributed by atoms with Gasteiger partial charge in [-0.3, -0.25) is 4.90 Å². The summed E-state index contributed by atoms with van der Waals surface area (Å²) in [6, 6.07) is 2.42. The summed E-state index contributed by atoms with van der Waals surface area (Å²) < 4.78 is 44.3. The fraction of sp³-hybridized carbons (Fsp3) is 0.467. The Labute approximate surface area is 131 Å². The van der Waals surface area contributed by atoms with Gasteiger partial charge in [-0.05, 0) is 32.4 Å². The van der Waals surface area contributed by atoms with Crippen LogP contribution in [0.3, 0.4) is 0 Å². The van der Waals surface area contributed by atoms with Crippen molar-refractivity contribution >= 4 is 12.1 Å². The number of alkyl halides is 3. The number of nitrogens with zero attached hydrogens (tertiary/aromatic N) is 1. The van der Waals surface area contributed by atoms with Crippen LogP contribution in [0.2, 0.25) is 0 Å². The van der Waals surface area contributed by atoms with Gasteiger partial charge < -0.3 is 9.84 Å². The minimum atomic E-state index is -4.74. The van der Waals surface area contributed by atoms with Crippen LogP contribution in [0.4, 0.5) is 18.0 Å². The average molecular weight is 333 g/mol. The van der Waals surface area contributed by atoms with Gasteiger partial charge in [0.15, 0.2) is 6.04 Å². The highest BCUT2D eigenvalue weighted by Crippen LogP contribution is 2.36. The number of likely N-dealkylation sites (N-methyl/N-ethyl adjacent to an activating group) is 1. The summed E-state index contributed by atoms with van der Waals surface area (Å²) >= 11 is 0. The normalized spacial score (nSPS) is 13.3. The SMILES string of the molecule is CN(C(=O)OC(C)(C)C)C(C(=O)O)c1ccccc1C(F)(F)F. The second-order valence-electron chi connectivity index (χ2n) is 5.92. The predicted molar refractivity (Wildman–Crippen MR) is 75.8 cm³/mol. The minimum absolute atomic E-state index is 0.527. The zero-order valence-corrected chi connectivity index (χ0v) is 13.1. The van der Waals surface area contributed by atoms with Gasteiger partial charge in [0.1, 0.15) is 5.60 Å². The Kier molecular flexibility index (Phi) is 5.29. The maximum Gasteiger partial charge on any atom is 0.416 e. The smallest absolute Gasteiger partial charge is 0.416 e. The van der Waals surface area contributed by atoms with Crippen molar-refractivity contribution < 1.29 is 32.6 Å². The third-order valence-corrected chi connectivity index (χ3v) is 2.86. The van der Waals surface area contributed by atoms with Crippen LogP contribution in [0.5, 0.6) is 0 Å². The van der Waals surface area contributed by atoms with Gasteiger partial charge in [-0.25, -0.2) is 9.59 Å². The predicted octanol–water partition coefficient (Wildman–Crippen LogP) is 3.70. The number of benzene rings is 1. The van der Waals surface area contributed by atoms with E-state index in [0.717, 1.165) is 25.2 Å². The monoisotopic (exact) mass is 333 g/mol. The molecule has 0 radical (unpaired) electrons. The number of hydrogen-bond donors (Lipinski definition) is 1. The molecule has 128 valence electrons. The van der Waals surface area contributed by atoms with E-state index in [4.69, 9.17) is 4.74 Å². The molecule has 1 amide bonds. The molecule has 1 N–H and O–H groups in total. The van der Waals surface area contributed by atoms with Gasteiger partial charge in [-0.2, -0.15) is 13.2 Å². The number of ether oxygens (including phenoxy) is 1. The van der Waals surface area contributed by atoms with Crippen LogP contribution in [0.25, 0.3) is 0 Å². The van der Waals surface area contributed by atoms with E-state index < -0.39 is 41.0 Å². The van der Waals surface area contributed by atoms with Crippen molar-refractivity contribution in [1.29, 1.82) is 0 Å². The van der Waals surface area contributed by atoms with Crippen LogP contribution in [-0.2, 0) is 15.7 Å². The lowest BCUT2D eigenvalue weighted by molar-refractivity contribution is -0.145. The molecule has 0 saturated carbocycles. The molecule has 5 nitrogen and oxygen atoms in total. The van der Waals surface area contributed by atoms with Crippen molar-refractivity contribution in [2.45, 2.75) is 38.6 Å². The van der Waals surface area contributed by atoms with Crippen molar-refractivity contribution in [3.8, 4) is 0 Å². The lowest BCUT2D eigenvalue weighted by Crippen LogP contribution is -2.40. The number of carbonyl (C=O) groups excluding carboxylic acids is 1. The molecule has 0 heterocycles. The van der Waals surface area contributed by atoms with Crippen LogP contribution in [0.1, 0.15) is 37.9 Å². The Morgan fingerprint density at radius 3 is 2.13 bits per heavy atom. The first kappa shape index (κ1) is 18.8. The number of halogens is 3. The summed E-state index contributed by atoms with van der Waals surface area (Å²) in [5, 5.41) is 9.32. The van der Waals surface area contributed by atoms with Crippen LogP contribution in [0.15, 0.2) is 24.3 Å². The molecule has 0 spiro atoms. The van der Waals surface area contributed by atoms with E-state index in [2.05, 4.69) is 0 Å². The molecule has 1 aromatic carbocycles. The van der Waals surface area contributed by atoms with Gasteiger partial charge in [0, 0.05) is 7.05 Å². The Balaban J connectivity index is 3.29. The number of aliphatic carboxylic acids is 1. The summed E-state index contributed by atoms with van der Waals surface area (Å²) in [5.74, 6) is -1.59. The zero-order valence-electron chi connectivity index (χ0n) is 13.1. The molecule has 0 aliphatic heterocycles. The molecule has 0 fully saturated rings. The molecule has 0 saturated heterocycles. The Morgan fingerprint density at radius 2 is 1.70 bits per heavy atom. The summed E-state index contributed by atoms with van der Waals surface area (Å²) in [6.07, 6.45) is -5.76. The highest BCUT2D eigenvalue weighted by Gasteiger charge is 2.40. The van der Waals surface area contributed by atoms with E-state index >= 15 is 0 Å². The van der Waals surface area contributed by atoms with Crippen LogP contribution >= 0.6 is 0 Å². The van der Waals surface area contributed by atoms with Gasteiger partial charge >= 0.3 is 18.2 Å². The van der Waals surface area contributed by atoms with Gasteiger partial charge in [-0.1, -0.05) is 18.2 Å². The quantitative estimate of drug-likeness (QED) is 0.916. The van der Waals surface area contributed by atoms with Gasteiger partial charge in [0.25, 0.3) is 0 Å². The second kappa shape index (κ2) is 6.47. The minimum Gasteiger partial charge on any atom is -0.479 e. The topological polar surface area (TPSA) is 66.8 Å². The first-order chi connectivity index (χ1) is 10.3. The number of carboxylic acid groups (broad SMARTS) is 1. The number of carbonyl (C=O) groups is 2. The maximum absolute atomic E-state index is 13.1. The third-order valence-electron chi connectivity index (χ3n) is 2.86. The molecular formula is C15H18F3NO4. The number of rotatable bonds is 3. The Morgan fingerprint density at radius 1 is 1.17 bits per heavy atom. The molecule has 1 unspecified atom stereocenters. The van der Waals surface area contributed by atoms with Crippen molar-refractivity contribution in [1.82, 2.24) is 4.90 Å². The number of carboxylic acids is 1. The molecule has 1 rings (SSSR count). The van der Waals surface area contributed by atoms with Gasteiger partial charge in [0.2, 0.25) is 0 Å². The third kappa shape index (κ3) is 4.87. The Hall–Kier alpha value is -2.25. The van der Waals surface area contributed by atoms with Crippen molar-refractivity contribution in [3.05, 3.63) is 35.4 Å². The molecule has 0 bridgehead atoms. The standard InChI is InChI=1S/C15H18F3NO4/c1-14(2,3)23-13(22)19(4)11(12(20)21)9-7-5-6-8-10(9)15(16,17)18/h5-8,11H,1-4H3,(H,20,21). The maximum atomic E-state index is 13.1. The highest BCUT2D eigenvalue weighted by atomic mass is 19.4. The molecule has 0 aliphatic rings. The van der Waals surface area contributed by atoms with Crippen LogP contribution in [0, 0.1) is 0 Å². The summed E-state index contributed by atoms with van der Waals surface area (Å²) in [5.41, 5.74) is -2.54. The zero-order chi connectivity index (χ0) is 18.0. The second-order valence-corrected chi connectivity index (χ2v) is 5.92. The molecule has 1 atom stereocenters. The lowest BCUT2D eigenvalue weighted by atomic mass is 9.99. The van der Waals surface area contributed by atoms with E-state index in [9.17, 15) is 27.9 Å². The van der Waals surface area contributed by atoms with E-state index in [1.54, 1.807) is 20.8 Å².